The van der Waals surface area contributed by atoms with Gasteiger partial charge in [0.2, 0.25) is 5.91 Å². The van der Waals surface area contributed by atoms with Gasteiger partial charge in [0.15, 0.2) is 0 Å². The number of nitrogens with one attached hydrogen (secondary N) is 1. The molecule has 2 rings (SSSR count). The number of thiazole rings is 1. The van der Waals surface area contributed by atoms with Crippen LogP contribution in [-0.2, 0) is 11.3 Å². The third-order valence-corrected chi connectivity index (χ3v) is 5.16. The summed E-state index contributed by atoms with van der Waals surface area (Å²) in [5, 5.41) is 15.6. The zero-order valence-corrected chi connectivity index (χ0v) is 15.2. The van der Waals surface area contributed by atoms with E-state index >= 15 is 0 Å². The predicted octanol–water partition coefficient (Wildman–Crippen LogP) is 2.19. The first-order valence-electron chi connectivity index (χ1n) is 8.52. The lowest BCUT2D eigenvalue weighted by Crippen LogP contribution is -2.45. The maximum atomic E-state index is 12.4. The molecule has 0 aliphatic carbocycles. The first-order chi connectivity index (χ1) is 11.0. The fourth-order valence-corrected chi connectivity index (χ4v) is 3.73. The molecule has 0 spiro atoms. The van der Waals surface area contributed by atoms with Gasteiger partial charge in [-0.15, -0.1) is 11.3 Å². The third kappa shape index (κ3) is 5.86. The summed E-state index contributed by atoms with van der Waals surface area (Å²) >= 11 is 1.69. The lowest BCUT2D eigenvalue weighted by molar-refractivity contribution is -0.127. The number of hydrogen-bond donors (Lipinski definition) is 2. The molecule has 0 bridgehead atoms. The number of rotatable bonds is 7. The number of hydrogen-bond acceptors (Lipinski definition) is 5. The Morgan fingerprint density at radius 2 is 2.17 bits per heavy atom. The Hall–Kier alpha value is -0.980. The number of carbonyl (C=O) groups excluding carboxylic acids is 1. The fraction of sp³-hybridized carbons (Fsp3) is 0.765. The predicted molar refractivity (Wildman–Crippen MR) is 93.3 cm³/mol. The van der Waals surface area contributed by atoms with Crippen LogP contribution in [0.3, 0.4) is 0 Å². The highest BCUT2D eigenvalue weighted by Crippen LogP contribution is 2.20. The minimum Gasteiger partial charge on any atom is -0.394 e. The molecule has 1 fully saturated rings. The van der Waals surface area contributed by atoms with Crippen molar-refractivity contribution < 1.29 is 9.90 Å². The third-order valence-electron chi connectivity index (χ3n) is 4.33. The number of carbonyl (C=O) groups is 1. The van der Waals surface area contributed by atoms with Crippen LogP contribution in [-0.4, -0.2) is 46.6 Å². The highest BCUT2D eigenvalue weighted by molar-refractivity contribution is 7.09. The van der Waals surface area contributed by atoms with E-state index in [0.717, 1.165) is 49.6 Å². The topological polar surface area (TPSA) is 65.5 Å². The summed E-state index contributed by atoms with van der Waals surface area (Å²) in [4.78, 5) is 19.2. The summed E-state index contributed by atoms with van der Waals surface area (Å²) in [5.74, 6) is 0.648. The maximum absolute atomic E-state index is 12.4. The molecule has 1 saturated heterocycles. The van der Waals surface area contributed by atoms with E-state index in [0.29, 0.717) is 5.92 Å². The van der Waals surface area contributed by atoms with Gasteiger partial charge in [-0.3, -0.25) is 9.69 Å². The van der Waals surface area contributed by atoms with Crippen molar-refractivity contribution in [2.45, 2.75) is 52.6 Å². The summed E-state index contributed by atoms with van der Waals surface area (Å²) in [6, 6.07) is -0.112. The number of aliphatic hydroxyl groups excluding tert-OH is 1. The van der Waals surface area contributed by atoms with Crippen LogP contribution >= 0.6 is 11.3 Å². The van der Waals surface area contributed by atoms with Gasteiger partial charge in [0.05, 0.1) is 23.4 Å². The largest absolute Gasteiger partial charge is 0.394 e. The standard InChI is InChI=1S/C17H29N3O2S/c1-12(2)8-15(10-21)19-17(22)14-4-6-20(7-5-14)9-16-11-23-13(3)18-16/h11-12,14-15,21H,4-10H2,1-3H3,(H,19,22). The molecule has 2 heterocycles. The molecule has 6 heteroatoms. The highest BCUT2D eigenvalue weighted by atomic mass is 32.1. The lowest BCUT2D eigenvalue weighted by atomic mass is 9.95. The van der Waals surface area contributed by atoms with Gasteiger partial charge in [0.1, 0.15) is 0 Å². The normalized spacial score (nSPS) is 18.3. The molecule has 1 aliphatic heterocycles. The van der Waals surface area contributed by atoms with E-state index < -0.39 is 0 Å². The molecule has 23 heavy (non-hydrogen) atoms. The molecular formula is C17H29N3O2S. The van der Waals surface area contributed by atoms with Gasteiger partial charge in [-0.25, -0.2) is 4.98 Å². The fourth-order valence-electron chi connectivity index (χ4n) is 3.13. The van der Waals surface area contributed by atoms with Crippen LogP contribution in [0.25, 0.3) is 0 Å². The lowest BCUT2D eigenvalue weighted by Gasteiger charge is -2.31. The molecular weight excluding hydrogens is 310 g/mol. The van der Waals surface area contributed by atoms with Crippen LogP contribution in [0.2, 0.25) is 0 Å². The number of piperidine rings is 1. The van der Waals surface area contributed by atoms with Crippen molar-refractivity contribution in [1.29, 1.82) is 0 Å². The molecule has 1 amide bonds. The van der Waals surface area contributed by atoms with Crippen LogP contribution in [0.1, 0.15) is 43.8 Å². The van der Waals surface area contributed by atoms with E-state index in [1.165, 1.54) is 0 Å². The molecule has 0 saturated carbocycles. The molecule has 1 aromatic heterocycles. The molecule has 5 nitrogen and oxygen atoms in total. The minimum atomic E-state index is -0.112. The molecule has 1 aromatic rings. The first kappa shape index (κ1) is 18.4. The van der Waals surface area contributed by atoms with Crippen molar-refractivity contribution in [2.75, 3.05) is 19.7 Å². The zero-order chi connectivity index (χ0) is 16.8. The molecule has 0 aromatic carbocycles. The molecule has 1 unspecified atom stereocenters. The molecule has 130 valence electrons. The van der Waals surface area contributed by atoms with Crippen LogP contribution in [0, 0.1) is 18.8 Å². The summed E-state index contributed by atoms with van der Waals surface area (Å²) < 4.78 is 0. The van der Waals surface area contributed by atoms with Crippen LogP contribution < -0.4 is 5.32 Å². The second-order valence-corrected chi connectivity index (χ2v) is 7.99. The number of likely N-dealkylation sites (tertiary alicyclic amines) is 1. The van der Waals surface area contributed by atoms with Crippen LogP contribution in [0.5, 0.6) is 0 Å². The van der Waals surface area contributed by atoms with Crippen molar-refractivity contribution >= 4 is 17.2 Å². The van der Waals surface area contributed by atoms with Crippen molar-refractivity contribution in [2.24, 2.45) is 11.8 Å². The van der Waals surface area contributed by atoms with Gasteiger partial charge >= 0.3 is 0 Å². The number of aromatic nitrogens is 1. The SMILES string of the molecule is Cc1nc(CN2CCC(C(=O)NC(CO)CC(C)C)CC2)cs1. The van der Waals surface area contributed by atoms with E-state index in [1.807, 2.05) is 6.92 Å². The van der Waals surface area contributed by atoms with Crippen LogP contribution in [0.4, 0.5) is 0 Å². The Morgan fingerprint density at radius 1 is 1.48 bits per heavy atom. The molecule has 1 aliphatic rings. The monoisotopic (exact) mass is 339 g/mol. The van der Waals surface area contributed by atoms with E-state index in [4.69, 9.17) is 0 Å². The van der Waals surface area contributed by atoms with Crippen molar-refractivity contribution in [1.82, 2.24) is 15.2 Å². The summed E-state index contributed by atoms with van der Waals surface area (Å²) in [6.45, 7) is 9.00. The average Bonchev–Trinajstić information content (AvgIpc) is 2.91. The van der Waals surface area contributed by atoms with E-state index in [2.05, 4.69) is 34.4 Å². The van der Waals surface area contributed by atoms with Gasteiger partial charge in [-0.2, -0.15) is 0 Å². The number of aliphatic hydroxyl groups is 1. The second kappa shape index (κ2) is 8.76. The summed E-state index contributed by atoms with van der Waals surface area (Å²) in [7, 11) is 0. The Bertz CT molecular complexity index is 496. The van der Waals surface area contributed by atoms with Gasteiger partial charge in [0, 0.05) is 17.8 Å². The smallest absolute Gasteiger partial charge is 0.223 e. The number of nitrogens with zero attached hydrogens (tertiary/aromatic N) is 2. The molecule has 0 radical (unpaired) electrons. The zero-order valence-electron chi connectivity index (χ0n) is 14.4. The summed E-state index contributed by atoms with van der Waals surface area (Å²) in [6.07, 6.45) is 2.59. The molecule has 2 N–H and O–H groups in total. The van der Waals surface area contributed by atoms with E-state index in [9.17, 15) is 9.90 Å². The second-order valence-electron chi connectivity index (χ2n) is 6.93. The molecule has 1 atom stereocenters. The van der Waals surface area contributed by atoms with Crippen molar-refractivity contribution in [3.63, 3.8) is 0 Å². The Labute approximate surface area is 143 Å². The minimum absolute atomic E-state index is 0.0198. The van der Waals surface area contributed by atoms with E-state index in [-0.39, 0.29) is 24.5 Å². The summed E-state index contributed by atoms with van der Waals surface area (Å²) in [5.41, 5.74) is 1.13. The first-order valence-corrected chi connectivity index (χ1v) is 9.40. The Balaban J connectivity index is 1.75. The van der Waals surface area contributed by atoms with E-state index in [1.54, 1.807) is 11.3 Å². The Morgan fingerprint density at radius 3 is 2.70 bits per heavy atom. The number of aryl methyl sites for hydroxylation is 1. The Kier molecular flexibility index (Phi) is 6.99. The van der Waals surface area contributed by atoms with Gasteiger partial charge in [-0.05, 0) is 45.2 Å². The number of amides is 1. The van der Waals surface area contributed by atoms with Crippen molar-refractivity contribution in [3.05, 3.63) is 16.1 Å². The van der Waals surface area contributed by atoms with Crippen LogP contribution in [0.15, 0.2) is 5.38 Å². The highest BCUT2D eigenvalue weighted by Gasteiger charge is 2.26. The average molecular weight is 340 g/mol. The van der Waals surface area contributed by atoms with Crippen molar-refractivity contribution in [3.8, 4) is 0 Å². The van der Waals surface area contributed by atoms with Gasteiger partial charge < -0.3 is 10.4 Å². The maximum Gasteiger partial charge on any atom is 0.223 e. The van der Waals surface area contributed by atoms with Gasteiger partial charge in [0.25, 0.3) is 0 Å². The quantitative estimate of drug-likeness (QED) is 0.799. The van der Waals surface area contributed by atoms with Gasteiger partial charge in [-0.1, -0.05) is 13.8 Å².